The van der Waals surface area contributed by atoms with Crippen molar-refractivity contribution in [1.82, 2.24) is 9.47 Å². The third kappa shape index (κ3) is 2.47. The summed E-state index contributed by atoms with van der Waals surface area (Å²) in [6, 6.07) is 4.95. The Hall–Kier alpha value is -0.800. The van der Waals surface area contributed by atoms with E-state index < -0.39 is 0 Å². The number of morpholine rings is 1. The zero-order chi connectivity index (χ0) is 11.5. The van der Waals surface area contributed by atoms with Crippen LogP contribution < -0.4 is 0 Å². The van der Waals surface area contributed by atoms with E-state index in [1.807, 2.05) is 0 Å². The van der Waals surface area contributed by atoms with Gasteiger partial charge in [-0.3, -0.25) is 4.90 Å². The molecule has 0 radical (unpaired) electrons. The highest BCUT2D eigenvalue weighted by Gasteiger charge is 2.16. The molecule has 0 saturated carbocycles. The average molecular weight is 222 g/mol. The van der Waals surface area contributed by atoms with Crippen LogP contribution in [0.3, 0.4) is 0 Å². The van der Waals surface area contributed by atoms with Crippen LogP contribution in [0.4, 0.5) is 0 Å². The van der Waals surface area contributed by atoms with Gasteiger partial charge in [0, 0.05) is 37.1 Å². The Labute approximate surface area is 98.0 Å². The van der Waals surface area contributed by atoms with E-state index in [1.165, 1.54) is 11.4 Å². The predicted octanol–water partition coefficient (Wildman–Crippen LogP) is 2.00. The van der Waals surface area contributed by atoms with Crippen molar-refractivity contribution in [1.29, 1.82) is 0 Å². The molecule has 0 bridgehead atoms. The van der Waals surface area contributed by atoms with E-state index >= 15 is 0 Å². The van der Waals surface area contributed by atoms with Gasteiger partial charge in [0.2, 0.25) is 0 Å². The first-order valence-corrected chi connectivity index (χ1v) is 6.13. The number of hydrogen-bond donors (Lipinski definition) is 0. The van der Waals surface area contributed by atoms with E-state index in [2.05, 4.69) is 42.4 Å². The van der Waals surface area contributed by atoms with Crippen molar-refractivity contribution in [2.45, 2.75) is 26.8 Å². The van der Waals surface area contributed by atoms with Crippen LogP contribution in [0.1, 0.15) is 24.4 Å². The monoisotopic (exact) mass is 222 g/mol. The Balaban J connectivity index is 1.99. The third-order valence-corrected chi connectivity index (χ3v) is 3.39. The highest BCUT2D eigenvalue weighted by atomic mass is 16.5. The summed E-state index contributed by atoms with van der Waals surface area (Å²) in [5.74, 6) is 0. The number of aryl methyl sites for hydroxylation is 2. The first-order chi connectivity index (χ1) is 7.68. The summed E-state index contributed by atoms with van der Waals surface area (Å²) >= 11 is 0. The smallest absolute Gasteiger partial charge is 0.0594 e. The summed E-state index contributed by atoms with van der Waals surface area (Å²) in [4.78, 5) is 2.49. The molecule has 1 unspecified atom stereocenters. The van der Waals surface area contributed by atoms with E-state index in [1.54, 1.807) is 0 Å². The zero-order valence-electron chi connectivity index (χ0n) is 10.6. The Kier molecular flexibility index (Phi) is 3.66. The molecule has 0 N–H and O–H groups in total. The fourth-order valence-corrected chi connectivity index (χ4v) is 2.61. The molecule has 16 heavy (non-hydrogen) atoms. The topological polar surface area (TPSA) is 17.4 Å². The van der Waals surface area contributed by atoms with Crippen molar-refractivity contribution in [3.63, 3.8) is 0 Å². The lowest BCUT2D eigenvalue weighted by atomic mass is 10.2. The lowest BCUT2D eigenvalue weighted by molar-refractivity contribution is 0.0324. The molecule has 1 atom stereocenters. The van der Waals surface area contributed by atoms with Gasteiger partial charge in [-0.05, 0) is 32.9 Å². The van der Waals surface area contributed by atoms with Crippen LogP contribution in [-0.4, -0.2) is 42.3 Å². The van der Waals surface area contributed by atoms with Gasteiger partial charge < -0.3 is 9.30 Å². The standard InChI is InChI=1S/C13H22N2O/c1-11-4-5-12(2)15(11)13(3)10-14-6-8-16-9-7-14/h4-5,13H,6-10H2,1-3H3. The van der Waals surface area contributed by atoms with Crippen molar-refractivity contribution in [2.24, 2.45) is 0 Å². The van der Waals surface area contributed by atoms with Gasteiger partial charge in [-0.2, -0.15) is 0 Å². The molecule has 1 aliphatic heterocycles. The highest BCUT2D eigenvalue weighted by Crippen LogP contribution is 2.16. The summed E-state index contributed by atoms with van der Waals surface area (Å²) in [7, 11) is 0. The SMILES string of the molecule is Cc1ccc(C)n1C(C)CN1CCOCC1. The Morgan fingerprint density at radius 1 is 1.19 bits per heavy atom. The second-order valence-electron chi connectivity index (χ2n) is 4.75. The number of ether oxygens (including phenoxy) is 1. The van der Waals surface area contributed by atoms with E-state index in [4.69, 9.17) is 4.74 Å². The minimum atomic E-state index is 0.549. The van der Waals surface area contributed by atoms with E-state index in [0.717, 1.165) is 32.8 Å². The quantitative estimate of drug-likeness (QED) is 0.778. The molecule has 0 aromatic carbocycles. The van der Waals surface area contributed by atoms with Crippen molar-refractivity contribution in [2.75, 3.05) is 32.8 Å². The first kappa shape index (κ1) is 11.7. The summed E-state index contributed by atoms with van der Waals surface area (Å²) in [6.07, 6.45) is 0. The van der Waals surface area contributed by atoms with Crippen LogP contribution in [0.2, 0.25) is 0 Å². The molecule has 1 saturated heterocycles. The van der Waals surface area contributed by atoms with Crippen LogP contribution >= 0.6 is 0 Å². The van der Waals surface area contributed by atoms with E-state index in [9.17, 15) is 0 Å². The highest BCUT2D eigenvalue weighted by molar-refractivity contribution is 5.14. The van der Waals surface area contributed by atoms with E-state index in [0.29, 0.717) is 6.04 Å². The van der Waals surface area contributed by atoms with Crippen LogP contribution in [0.15, 0.2) is 12.1 Å². The average Bonchev–Trinajstić information content (AvgIpc) is 2.60. The van der Waals surface area contributed by atoms with Gasteiger partial charge in [0.05, 0.1) is 13.2 Å². The maximum atomic E-state index is 5.37. The molecule has 2 heterocycles. The normalized spacial score (nSPS) is 19.9. The summed E-state index contributed by atoms with van der Waals surface area (Å²) in [5, 5.41) is 0. The molecule has 0 spiro atoms. The van der Waals surface area contributed by atoms with Crippen molar-refractivity contribution in [3.05, 3.63) is 23.5 Å². The third-order valence-electron chi connectivity index (χ3n) is 3.39. The maximum Gasteiger partial charge on any atom is 0.0594 e. The summed E-state index contributed by atoms with van der Waals surface area (Å²) in [6.45, 7) is 11.7. The second kappa shape index (κ2) is 5.02. The fourth-order valence-electron chi connectivity index (χ4n) is 2.61. The van der Waals surface area contributed by atoms with Crippen molar-refractivity contribution < 1.29 is 4.74 Å². The maximum absolute atomic E-state index is 5.37. The van der Waals surface area contributed by atoms with Crippen LogP contribution in [-0.2, 0) is 4.74 Å². The molecule has 2 rings (SSSR count). The lowest BCUT2D eigenvalue weighted by Gasteiger charge is -2.30. The largest absolute Gasteiger partial charge is 0.379 e. The molecular formula is C13H22N2O. The molecule has 90 valence electrons. The molecule has 0 amide bonds. The number of rotatable bonds is 3. The number of aromatic nitrogens is 1. The number of hydrogen-bond acceptors (Lipinski definition) is 2. The molecule has 3 heteroatoms. The van der Waals surface area contributed by atoms with E-state index in [-0.39, 0.29) is 0 Å². The molecule has 3 nitrogen and oxygen atoms in total. The Bertz CT molecular complexity index is 320. The van der Waals surface area contributed by atoms with Gasteiger partial charge in [0.15, 0.2) is 0 Å². The van der Waals surface area contributed by atoms with Crippen molar-refractivity contribution in [3.8, 4) is 0 Å². The summed E-state index contributed by atoms with van der Waals surface area (Å²) in [5.41, 5.74) is 2.72. The van der Waals surface area contributed by atoms with Crippen LogP contribution in [0, 0.1) is 13.8 Å². The Morgan fingerprint density at radius 2 is 1.75 bits per heavy atom. The summed E-state index contributed by atoms with van der Waals surface area (Å²) < 4.78 is 7.80. The fraction of sp³-hybridized carbons (Fsp3) is 0.692. The van der Waals surface area contributed by atoms with Gasteiger partial charge in [-0.15, -0.1) is 0 Å². The first-order valence-electron chi connectivity index (χ1n) is 6.13. The molecule has 1 aromatic heterocycles. The van der Waals surface area contributed by atoms with Crippen LogP contribution in [0.25, 0.3) is 0 Å². The lowest BCUT2D eigenvalue weighted by Crippen LogP contribution is -2.39. The van der Waals surface area contributed by atoms with Gasteiger partial charge in [0.25, 0.3) is 0 Å². The second-order valence-corrected chi connectivity index (χ2v) is 4.75. The van der Waals surface area contributed by atoms with Gasteiger partial charge in [-0.25, -0.2) is 0 Å². The zero-order valence-corrected chi connectivity index (χ0v) is 10.6. The molecular weight excluding hydrogens is 200 g/mol. The van der Waals surface area contributed by atoms with Crippen molar-refractivity contribution >= 4 is 0 Å². The molecule has 1 aromatic rings. The van der Waals surface area contributed by atoms with Gasteiger partial charge in [0.1, 0.15) is 0 Å². The van der Waals surface area contributed by atoms with Gasteiger partial charge in [-0.1, -0.05) is 0 Å². The minimum Gasteiger partial charge on any atom is -0.379 e. The van der Waals surface area contributed by atoms with Gasteiger partial charge >= 0.3 is 0 Å². The molecule has 1 fully saturated rings. The minimum absolute atomic E-state index is 0.549. The predicted molar refractivity (Wildman–Crippen MR) is 65.9 cm³/mol. The number of nitrogens with zero attached hydrogens (tertiary/aromatic N) is 2. The Morgan fingerprint density at radius 3 is 2.31 bits per heavy atom. The molecule has 0 aliphatic carbocycles. The molecule has 1 aliphatic rings. The van der Waals surface area contributed by atoms with Crippen LogP contribution in [0.5, 0.6) is 0 Å².